The molecular weight excluding hydrogens is 609 g/mol. The highest BCUT2D eigenvalue weighted by Crippen LogP contribution is 2.40. The highest BCUT2D eigenvalue weighted by atomic mass is 35.5. The molecule has 0 bridgehead atoms. The van der Waals surface area contributed by atoms with Crippen LogP contribution in [0.5, 0.6) is 6.01 Å². The summed E-state index contributed by atoms with van der Waals surface area (Å²) >= 11 is 6.55. The molecule has 12 heteroatoms. The van der Waals surface area contributed by atoms with E-state index in [0.29, 0.717) is 57.8 Å². The lowest BCUT2D eigenvalue weighted by Crippen LogP contribution is -2.55. The van der Waals surface area contributed by atoms with Gasteiger partial charge in [0.1, 0.15) is 18.2 Å². The summed E-state index contributed by atoms with van der Waals surface area (Å²) in [5.74, 6) is 0.116. The molecule has 0 saturated carbocycles. The molecule has 1 amide bonds. The topological polar surface area (TPSA) is 98.1 Å². The Morgan fingerprint density at radius 3 is 2.78 bits per heavy atom. The fourth-order valence-corrected chi connectivity index (χ4v) is 7.24. The lowest BCUT2D eigenvalue weighted by Gasteiger charge is -2.43. The van der Waals surface area contributed by atoms with Crippen molar-refractivity contribution in [1.29, 1.82) is 5.26 Å². The average Bonchev–Trinajstić information content (AvgIpc) is 3.03. The Labute approximate surface area is 273 Å². The number of hydrogen-bond donors (Lipinski definition) is 0. The first kappa shape index (κ1) is 32.0. The van der Waals surface area contributed by atoms with Crippen LogP contribution < -0.4 is 14.5 Å². The molecule has 0 aliphatic carbocycles. The summed E-state index contributed by atoms with van der Waals surface area (Å²) in [5, 5.41) is 11.2. The molecule has 3 aliphatic rings. The van der Waals surface area contributed by atoms with Crippen LogP contribution >= 0.6 is 11.6 Å². The van der Waals surface area contributed by atoms with Crippen molar-refractivity contribution in [2.45, 2.75) is 38.4 Å². The van der Waals surface area contributed by atoms with Gasteiger partial charge in [0.05, 0.1) is 54.4 Å². The van der Waals surface area contributed by atoms with E-state index in [1.807, 2.05) is 32.3 Å². The van der Waals surface area contributed by atoms with Gasteiger partial charge in [-0.3, -0.25) is 4.79 Å². The lowest BCUT2D eigenvalue weighted by atomic mass is 9.86. The van der Waals surface area contributed by atoms with Crippen LogP contribution in [0.15, 0.2) is 43.0 Å². The predicted molar refractivity (Wildman–Crippen MR) is 176 cm³/mol. The number of piperazine rings is 1. The molecule has 10 nitrogen and oxygen atoms in total. The fourth-order valence-electron chi connectivity index (χ4n) is 6.97. The quantitative estimate of drug-likeness (QED) is 0.312. The minimum Gasteiger partial charge on any atom is -0.463 e. The summed E-state index contributed by atoms with van der Waals surface area (Å²) in [6.45, 7) is 10.1. The van der Waals surface area contributed by atoms with Gasteiger partial charge in [-0.1, -0.05) is 36.4 Å². The molecule has 2 aromatic carbocycles. The Bertz CT molecular complexity index is 1690. The van der Waals surface area contributed by atoms with Gasteiger partial charge in [0.25, 0.3) is 0 Å². The number of carbonyl (C=O) groups excluding carboxylic acids is 1. The Hall–Kier alpha value is -3.98. The van der Waals surface area contributed by atoms with E-state index in [1.54, 1.807) is 11.0 Å². The average molecular weight is 648 g/mol. The summed E-state index contributed by atoms with van der Waals surface area (Å²) in [6.07, 6.45) is 2.12. The Morgan fingerprint density at radius 1 is 1.28 bits per heavy atom. The second-order valence-electron chi connectivity index (χ2n) is 12.9. The third kappa shape index (κ3) is 6.09. The number of fused-ring (bicyclic) bond motifs is 2. The monoisotopic (exact) mass is 647 g/mol. The number of hydrogen-bond acceptors (Lipinski definition) is 9. The summed E-state index contributed by atoms with van der Waals surface area (Å²) in [4.78, 5) is 30.8. The Morgan fingerprint density at radius 2 is 2.09 bits per heavy atom. The molecule has 4 heterocycles. The lowest BCUT2D eigenvalue weighted by molar-refractivity contribution is -0.140. The zero-order chi connectivity index (χ0) is 32.6. The molecule has 2 fully saturated rings. The van der Waals surface area contributed by atoms with E-state index in [0.717, 1.165) is 34.7 Å². The minimum absolute atomic E-state index is 0.0144. The molecule has 2 atom stereocenters. The molecule has 1 aromatic heterocycles. The zero-order valence-corrected chi connectivity index (χ0v) is 27.3. The normalized spacial score (nSPS) is 20.7. The molecule has 0 radical (unpaired) electrons. The third-order valence-electron chi connectivity index (χ3n) is 9.17. The number of carbonyl (C=O) groups is 1. The van der Waals surface area contributed by atoms with Gasteiger partial charge in [0.15, 0.2) is 0 Å². The highest BCUT2D eigenvalue weighted by molar-refractivity contribution is 6.36. The molecular formula is C34H39ClFN7O3. The van der Waals surface area contributed by atoms with E-state index < -0.39 is 5.82 Å². The molecule has 46 heavy (non-hydrogen) atoms. The largest absolute Gasteiger partial charge is 0.463 e. The summed E-state index contributed by atoms with van der Waals surface area (Å²) in [7, 11) is 4.06. The summed E-state index contributed by atoms with van der Waals surface area (Å²) in [5.41, 5.74) is 2.50. The molecule has 2 saturated heterocycles. The van der Waals surface area contributed by atoms with Crippen LogP contribution in [-0.2, 0) is 22.5 Å². The summed E-state index contributed by atoms with van der Waals surface area (Å²) in [6, 6.07) is 11.2. The van der Waals surface area contributed by atoms with Crippen molar-refractivity contribution >= 4 is 39.8 Å². The van der Waals surface area contributed by atoms with Crippen molar-refractivity contribution in [3.63, 3.8) is 0 Å². The number of nitrogens with zero attached hydrogens (tertiary/aromatic N) is 7. The van der Waals surface area contributed by atoms with E-state index in [1.165, 1.54) is 12.1 Å². The van der Waals surface area contributed by atoms with Gasteiger partial charge >= 0.3 is 6.01 Å². The SMILES string of the molecule is C=CC(=O)N1CCN(c2nc(OCC3(CN(C)C)COC3)nc3c2C[C@H](C)N(c2cccc4ccc(F)c(Cl)c24)C3)CC1CC#N. The minimum atomic E-state index is -0.459. The number of ether oxygens (including phenoxy) is 2. The van der Waals surface area contributed by atoms with Gasteiger partial charge in [-0.05, 0) is 51.0 Å². The van der Waals surface area contributed by atoms with Crippen LogP contribution in [0.1, 0.15) is 24.6 Å². The maximum atomic E-state index is 14.7. The Kier molecular flexibility index (Phi) is 9.06. The number of nitriles is 1. The van der Waals surface area contributed by atoms with Crippen molar-refractivity contribution in [2.24, 2.45) is 5.41 Å². The second-order valence-corrected chi connectivity index (χ2v) is 13.3. The van der Waals surface area contributed by atoms with Crippen molar-refractivity contribution in [3.8, 4) is 12.1 Å². The number of aromatic nitrogens is 2. The van der Waals surface area contributed by atoms with Gasteiger partial charge in [-0.25, -0.2) is 4.39 Å². The predicted octanol–water partition coefficient (Wildman–Crippen LogP) is 4.45. The van der Waals surface area contributed by atoms with Crippen LogP contribution in [0.25, 0.3) is 10.8 Å². The first-order valence-electron chi connectivity index (χ1n) is 15.6. The van der Waals surface area contributed by atoms with Crippen LogP contribution in [0.4, 0.5) is 15.9 Å². The van der Waals surface area contributed by atoms with Gasteiger partial charge in [0.2, 0.25) is 5.91 Å². The van der Waals surface area contributed by atoms with E-state index >= 15 is 0 Å². The maximum Gasteiger partial charge on any atom is 0.318 e. The molecule has 242 valence electrons. The number of rotatable bonds is 9. The Balaban J connectivity index is 1.38. The molecule has 0 spiro atoms. The van der Waals surface area contributed by atoms with E-state index in [4.69, 9.17) is 31.0 Å². The van der Waals surface area contributed by atoms with Crippen molar-refractivity contribution in [1.82, 2.24) is 19.8 Å². The second kappa shape index (κ2) is 13.0. The molecule has 3 aromatic rings. The molecule has 0 N–H and O–H groups in total. The van der Waals surface area contributed by atoms with Crippen LogP contribution in [-0.4, -0.2) is 97.9 Å². The maximum absolute atomic E-state index is 14.7. The molecule has 3 aliphatic heterocycles. The van der Waals surface area contributed by atoms with E-state index in [9.17, 15) is 14.4 Å². The fraction of sp³-hybridized carbons (Fsp3) is 0.471. The highest BCUT2D eigenvalue weighted by Gasteiger charge is 2.41. The molecule has 1 unspecified atom stereocenters. The van der Waals surface area contributed by atoms with Crippen molar-refractivity contribution in [2.75, 3.05) is 69.9 Å². The number of halogens is 2. The van der Waals surface area contributed by atoms with Gasteiger partial charge < -0.3 is 29.1 Å². The number of anilines is 2. The van der Waals surface area contributed by atoms with Crippen LogP contribution in [0.2, 0.25) is 5.02 Å². The first-order valence-corrected chi connectivity index (χ1v) is 15.9. The van der Waals surface area contributed by atoms with Gasteiger partial charge in [0, 0.05) is 48.9 Å². The number of amides is 1. The standard InChI is InChI=1S/C34H39ClFN7O3/c1-5-29(44)42-14-13-41(16-24(42)11-12-37)32-25-15-22(2)43(28-8-6-7-23-9-10-26(36)31(35)30(23)28)17-27(25)38-33(39-32)46-21-34(18-40(3)4)19-45-20-34/h5-10,22,24H,1,11,13-21H2,2-4H3/t22-,24?/m0/s1. The smallest absolute Gasteiger partial charge is 0.318 e. The summed E-state index contributed by atoms with van der Waals surface area (Å²) < 4.78 is 26.6. The van der Waals surface area contributed by atoms with E-state index in [2.05, 4.69) is 34.3 Å². The van der Waals surface area contributed by atoms with Crippen molar-refractivity contribution < 1.29 is 18.7 Å². The number of benzene rings is 2. The third-order valence-corrected chi connectivity index (χ3v) is 9.54. The van der Waals surface area contributed by atoms with Gasteiger partial charge in [-0.2, -0.15) is 15.2 Å². The van der Waals surface area contributed by atoms with Crippen LogP contribution in [0, 0.1) is 22.6 Å². The first-order chi connectivity index (χ1) is 22.1. The zero-order valence-electron chi connectivity index (χ0n) is 26.5. The van der Waals surface area contributed by atoms with Crippen LogP contribution in [0.3, 0.4) is 0 Å². The van der Waals surface area contributed by atoms with E-state index in [-0.39, 0.29) is 40.9 Å². The van der Waals surface area contributed by atoms with Crippen molar-refractivity contribution in [3.05, 3.63) is 65.1 Å². The van der Waals surface area contributed by atoms with Gasteiger partial charge in [-0.15, -0.1) is 0 Å². The molecule has 6 rings (SSSR count).